The highest BCUT2D eigenvalue weighted by Crippen LogP contribution is 2.48. The summed E-state index contributed by atoms with van der Waals surface area (Å²) in [5.41, 5.74) is 5.98. The number of aromatic nitrogens is 1. The van der Waals surface area contributed by atoms with Crippen molar-refractivity contribution in [1.29, 1.82) is 0 Å². The number of nitrogens with two attached hydrogens (primary N) is 1. The molecule has 2 unspecified atom stereocenters. The van der Waals surface area contributed by atoms with E-state index in [0.717, 1.165) is 18.5 Å². The maximum atomic E-state index is 14.2. The van der Waals surface area contributed by atoms with Crippen LogP contribution in [0.15, 0.2) is 23.2 Å². The Morgan fingerprint density at radius 3 is 2.49 bits per heavy atom. The molecule has 37 heavy (non-hydrogen) atoms. The summed E-state index contributed by atoms with van der Waals surface area (Å²) in [6, 6.07) is 1.22. The largest absolute Gasteiger partial charge is 0.351 e. The number of nitrogens with one attached hydrogen (secondary N) is 3. The molecule has 1 aromatic carbocycles. The summed E-state index contributed by atoms with van der Waals surface area (Å²) < 4.78 is 43.7. The zero-order chi connectivity index (χ0) is 27.1. The van der Waals surface area contributed by atoms with Gasteiger partial charge in [0.15, 0.2) is 0 Å². The van der Waals surface area contributed by atoms with Crippen molar-refractivity contribution in [3.8, 4) is 0 Å². The summed E-state index contributed by atoms with van der Waals surface area (Å²) in [7, 11) is -4.14. The first-order chi connectivity index (χ1) is 17.4. The van der Waals surface area contributed by atoms with Gasteiger partial charge in [-0.05, 0) is 70.2 Å². The number of sulfonamides is 1. The third kappa shape index (κ3) is 5.64. The fourth-order valence-corrected chi connectivity index (χ4v) is 6.40. The number of hydrogen-bond donors (Lipinski definition) is 4. The van der Waals surface area contributed by atoms with Crippen LogP contribution in [-0.2, 0) is 10.0 Å². The number of nitrogens with zero attached hydrogens (tertiary/aromatic N) is 2. The van der Waals surface area contributed by atoms with E-state index < -0.39 is 40.4 Å². The van der Waals surface area contributed by atoms with E-state index in [1.54, 1.807) is 26.1 Å². The van der Waals surface area contributed by atoms with E-state index in [0.29, 0.717) is 41.4 Å². The minimum Gasteiger partial charge on any atom is -0.351 e. The van der Waals surface area contributed by atoms with Gasteiger partial charge in [0.05, 0.1) is 17.0 Å². The van der Waals surface area contributed by atoms with Crippen LogP contribution in [0.5, 0.6) is 0 Å². The average Bonchev–Trinajstić information content (AvgIpc) is 3.60. The Bertz CT molecular complexity index is 1320. The van der Waals surface area contributed by atoms with Crippen LogP contribution < -0.4 is 21.1 Å². The summed E-state index contributed by atoms with van der Waals surface area (Å²) in [5.74, 6) is 0.272. The van der Waals surface area contributed by atoms with Crippen molar-refractivity contribution in [2.45, 2.75) is 75.5 Å². The van der Waals surface area contributed by atoms with Crippen LogP contribution in [0.3, 0.4) is 0 Å². The van der Waals surface area contributed by atoms with Crippen molar-refractivity contribution < 1.29 is 22.4 Å². The van der Waals surface area contributed by atoms with Crippen molar-refractivity contribution in [3.05, 3.63) is 35.2 Å². The molecule has 5 N–H and O–H groups in total. The van der Waals surface area contributed by atoms with Crippen LogP contribution in [0.2, 0.25) is 0 Å². The van der Waals surface area contributed by atoms with Crippen LogP contribution in [0, 0.1) is 0 Å². The third-order valence-electron chi connectivity index (χ3n) is 6.86. The molecule has 0 spiro atoms. The molecular weight excluding hydrogens is 499 g/mol. The van der Waals surface area contributed by atoms with Crippen LogP contribution in [-0.4, -0.2) is 55.7 Å². The highest BCUT2D eigenvalue weighted by atomic mass is 32.2. The van der Waals surface area contributed by atoms with Crippen molar-refractivity contribution in [1.82, 2.24) is 25.2 Å². The lowest BCUT2D eigenvalue weighted by atomic mass is 9.98. The van der Waals surface area contributed by atoms with Gasteiger partial charge in [-0.3, -0.25) is 4.98 Å². The Morgan fingerprint density at radius 1 is 1.22 bits per heavy atom. The predicted octanol–water partition coefficient (Wildman–Crippen LogP) is 3.34. The molecule has 1 fully saturated rings. The molecule has 0 aliphatic heterocycles. The van der Waals surface area contributed by atoms with Gasteiger partial charge >= 0.3 is 12.1 Å². The SMILES string of the molecule is CCNC(=O)NC1CC(N(CC)C(N)=O)c2cc(S(=O)(=O)NCC(C)(C)F)c3cc(C4CC4)ncc3c21. The summed E-state index contributed by atoms with van der Waals surface area (Å²) in [6.07, 6.45) is 3.92. The normalized spacial score (nSPS) is 19.5. The maximum absolute atomic E-state index is 14.2. The number of amides is 4. The van der Waals surface area contributed by atoms with Crippen LogP contribution in [0.4, 0.5) is 14.0 Å². The second-order valence-corrected chi connectivity index (χ2v) is 12.0. The number of urea groups is 2. The minimum atomic E-state index is -4.14. The number of rotatable bonds is 9. The van der Waals surface area contributed by atoms with E-state index in [4.69, 9.17) is 5.73 Å². The van der Waals surface area contributed by atoms with Gasteiger partial charge in [0.25, 0.3) is 0 Å². The second-order valence-electron chi connectivity index (χ2n) is 10.3. The van der Waals surface area contributed by atoms with Crippen LogP contribution >= 0.6 is 0 Å². The highest BCUT2D eigenvalue weighted by Gasteiger charge is 2.40. The molecule has 12 heteroatoms. The fraction of sp³-hybridized carbons (Fsp3) is 0.560. The minimum absolute atomic E-state index is 0.0148. The Hall–Kier alpha value is -2.99. The average molecular weight is 535 g/mol. The molecular formula is C25H35FN6O4S. The molecule has 1 heterocycles. The lowest BCUT2D eigenvalue weighted by molar-refractivity contribution is 0.184. The molecule has 10 nitrogen and oxygen atoms in total. The van der Waals surface area contributed by atoms with E-state index in [1.807, 2.05) is 0 Å². The molecule has 2 atom stereocenters. The first-order valence-electron chi connectivity index (χ1n) is 12.6. The van der Waals surface area contributed by atoms with Gasteiger partial charge < -0.3 is 21.3 Å². The monoisotopic (exact) mass is 534 g/mol. The number of carbonyl (C=O) groups excluding carboxylic acids is 2. The summed E-state index contributed by atoms with van der Waals surface area (Å²) in [6.45, 7) is 6.50. The van der Waals surface area contributed by atoms with E-state index in [1.165, 1.54) is 24.8 Å². The van der Waals surface area contributed by atoms with Gasteiger partial charge in [-0.15, -0.1) is 0 Å². The molecule has 1 saturated carbocycles. The molecule has 1 aromatic heterocycles. The van der Waals surface area contributed by atoms with Gasteiger partial charge in [0.2, 0.25) is 10.0 Å². The number of pyridine rings is 1. The lowest BCUT2D eigenvalue weighted by Crippen LogP contribution is -2.39. The van der Waals surface area contributed by atoms with Gasteiger partial charge in [-0.1, -0.05) is 0 Å². The molecule has 2 aliphatic rings. The number of halogens is 1. The van der Waals surface area contributed by atoms with Gasteiger partial charge in [0, 0.05) is 48.2 Å². The lowest BCUT2D eigenvalue weighted by Gasteiger charge is -2.27. The number of alkyl halides is 1. The number of primary amides is 1. The van der Waals surface area contributed by atoms with Crippen molar-refractivity contribution in [2.75, 3.05) is 19.6 Å². The first-order valence-corrected chi connectivity index (χ1v) is 14.1. The number of carbonyl (C=O) groups is 2. The molecule has 0 bridgehead atoms. The Kier molecular flexibility index (Phi) is 7.35. The van der Waals surface area contributed by atoms with Crippen molar-refractivity contribution in [3.63, 3.8) is 0 Å². The van der Waals surface area contributed by atoms with Crippen LogP contribution in [0.1, 0.15) is 81.8 Å². The zero-order valence-corrected chi connectivity index (χ0v) is 22.4. The van der Waals surface area contributed by atoms with Crippen molar-refractivity contribution in [2.24, 2.45) is 5.73 Å². The fourth-order valence-electron chi connectivity index (χ4n) is 4.97. The molecule has 4 amide bonds. The Labute approximate surface area is 216 Å². The Morgan fingerprint density at radius 2 is 1.92 bits per heavy atom. The predicted molar refractivity (Wildman–Crippen MR) is 138 cm³/mol. The number of hydrogen-bond acceptors (Lipinski definition) is 5. The third-order valence-corrected chi connectivity index (χ3v) is 8.30. The van der Waals surface area contributed by atoms with E-state index in [-0.39, 0.29) is 16.8 Å². The van der Waals surface area contributed by atoms with Gasteiger partial charge in [-0.2, -0.15) is 0 Å². The topological polar surface area (TPSA) is 147 Å². The zero-order valence-electron chi connectivity index (χ0n) is 21.6. The number of fused-ring (bicyclic) bond motifs is 3. The second kappa shape index (κ2) is 10.1. The van der Waals surface area contributed by atoms with Crippen LogP contribution in [0.25, 0.3) is 10.8 Å². The summed E-state index contributed by atoms with van der Waals surface area (Å²) >= 11 is 0. The van der Waals surface area contributed by atoms with E-state index >= 15 is 0 Å². The Balaban J connectivity index is 1.94. The smallest absolute Gasteiger partial charge is 0.315 e. The molecule has 0 saturated heterocycles. The summed E-state index contributed by atoms with van der Waals surface area (Å²) in [4.78, 5) is 30.9. The maximum Gasteiger partial charge on any atom is 0.315 e. The molecule has 2 aromatic rings. The summed E-state index contributed by atoms with van der Waals surface area (Å²) in [5, 5.41) is 6.69. The van der Waals surface area contributed by atoms with E-state index in [9.17, 15) is 22.4 Å². The molecule has 2 aliphatic carbocycles. The van der Waals surface area contributed by atoms with Gasteiger partial charge in [-0.25, -0.2) is 27.1 Å². The molecule has 202 valence electrons. The molecule has 0 radical (unpaired) electrons. The standard InChI is InChI=1S/C25H35FN6O4S/c1-5-28-24(34)31-19-11-20(32(6-2)23(27)33)16-10-21(37(35,36)30-13-25(3,4)26)15-9-18(14-7-8-14)29-12-17(15)22(16)19/h9-10,12,14,19-20,30H,5-8,11,13H2,1-4H3,(H2,27,33)(H2,28,31,34). The molecule has 4 rings (SSSR count). The number of benzene rings is 1. The van der Waals surface area contributed by atoms with Crippen molar-refractivity contribution >= 4 is 32.9 Å². The first kappa shape index (κ1) is 27.1. The quantitative estimate of drug-likeness (QED) is 0.390. The van der Waals surface area contributed by atoms with Gasteiger partial charge in [0.1, 0.15) is 5.67 Å². The highest BCUT2D eigenvalue weighted by molar-refractivity contribution is 7.89. The van der Waals surface area contributed by atoms with E-state index in [2.05, 4.69) is 20.3 Å².